The van der Waals surface area contributed by atoms with Crippen LogP contribution in [-0.2, 0) is 23.9 Å². The molecule has 0 radical (unpaired) electrons. The van der Waals surface area contributed by atoms with Crippen molar-refractivity contribution in [1.82, 2.24) is 9.80 Å². The molecule has 0 saturated carbocycles. The quantitative estimate of drug-likeness (QED) is 0.501. The number of aliphatic carboxylic acids is 1. The number of carboxylic acids is 1. The maximum Gasteiger partial charge on any atom is 0.335 e. The summed E-state index contributed by atoms with van der Waals surface area (Å²) in [7, 11) is 5.92. The fourth-order valence-corrected chi connectivity index (χ4v) is 1.00. The minimum atomic E-state index is -1.37. The van der Waals surface area contributed by atoms with Crippen LogP contribution in [0, 0.1) is 0 Å². The Hall–Kier alpha value is -2.38. The zero-order chi connectivity index (χ0) is 15.9. The molecule has 0 saturated heterocycles. The van der Waals surface area contributed by atoms with E-state index in [4.69, 9.17) is 5.11 Å². The number of carboxylic acid groups (broad SMARTS) is 1. The van der Waals surface area contributed by atoms with Crippen LogP contribution in [0.1, 0.15) is 6.42 Å². The molecule has 0 fully saturated rings. The van der Waals surface area contributed by atoms with E-state index in [1.807, 2.05) is 0 Å². The Kier molecular flexibility index (Phi) is 6.98. The zero-order valence-electron chi connectivity index (χ0n) is 11.9. The fraction of sp³-hybridized carbons (Fsp3) is 0.500. The highest BCUT2D eigenvalue weighted by molar-refractivity contribution is 6.00. The summed E-state index contributed by atoms with van der Waals surface area (Å²) in [4.78, 5) is 47.5. The van der Waals surface area contributed by atoms with Gasteiger partial charge in [-0.05, 0) is 0 Å². The Labute approximate surface area is 116 Å². The molecule has 0 aliphatic heterocycles. The first kappa shape index (κ1) is 17.6. The number of amides is 2. The summed E-state index contributed by atoms with van der Waals surface area (Å²) < 4.78 is 4.68. The normalized spacial score (nSPS) is 10.7. The molecule has 0 aliphatic carbocycles. The third kappa shape index (κ3) is 6.53. The van der Waals surface area contributed by atoms with Gasteiger partial charge in [0, 0.05) is 34.3 Å². The van der Waals surface area contributed by atoms with Crippen molar-refractivity contribution in [2.75, 3.05) is 34.8 Å². The predicted octanol–water partition coefficient (Wildman–Crippen LogP) is -0.893. The molecule has 112 valence electrons. The molecule has 0 aromatic heterocycles. The Morgan fingerprint density at radius 3 is 1.90 bits per heavy atom. The smallest absolute Gasteiger partial charge is 0.335 e. The van der Waals surface area contributed by atoms with Crippen LogP contribution < -0.4 is 0 Å². The minimum absolute atomic E-state index is 0.317. The molecule has 8 nitrogen and oxygen atoms in total. The van der Waals surface area contributed by atoms with Crippen LogP contribution >= 0.6 is 0 Å². The predicted molar refractivity (Wildman–Crippen MR) is 68.7 cm³/mol. The molecule has 0 unspecified atom stereocenters. The SMILES string of the molecule is CN(C)C(=O)COC(=O)C(=CC(=O)O)CC(=O)N(C)C. The molecule has 2 amide bonds. The fourth-order valence-electron chi connectivity index (χ4n) is 1.00. The number of esters is 1. The maximum absolute atomic E-state index is 11.7. The molecule has 0 aromatic carbocycles. The first-order valence-electron chi connectivity index (χ1n) is 5.66. The summed E-state index contributed by atoms with van der Waals surface area (Å²) in [6, 6.07) is 0. The van der Waals surface area contributed by atoms with Crippen LogP contribution in [0.4, 0.5) is 0 Å². The Balaban J connectivity index is 4.80. The lowest BCUT2D eigenvalue weighted by molar-refractivity contribution is -0.148. The van der Waals surface area contributed by atoms with Gasteiger partial charge in [0.15, 0.2) is 6.61 Å². The van der Waals surface area contributed by atoms with Crippen LogP contribution in [0.15, 0.2) is 11.6 Å². The van der Waals surface area contributed by atoms with E-state index in [1.54, 1.807) is 0 Å². The van der Waals surface area contributed by atoms with Crippen molar-refractivity contribution < 1.29 is 29.0 Å². The molecule has 0 aliphatic rings. The number of likely N-dealkylation sites (N-methyl/N-ethyl adjacent to an activating group) is 1. The van der Waals surface area contributed by atoms with Gasteiger partial charge in [-0.15, -0.1) is 0 Å². The summed E-state index contributed by atoms with van der Waals surface area (Å²) in [6.07, 6.45) is 0.193. The summed E-state index contributed by atoms with van der Waals surface area (Å²) >= 11 is 0. The van der Waals surface area contributed by atoms with Crippen molar-refractivity contribution >= 4 is 23.8 Å². The molecule has 0 rings (SSSR count). The third-order valence-corrected chi connectivity index (χ3v) is 2.23. The molecule has 0 heterocycles. The largest absolute Gasteiger partial charge is 0.478 e. The molecule has 1 N–H and O–H groups in total. The van der Waals surface area contributed by atoms with Crippen LogP contribution in [0.5, 0.6) is 0 Å². The average molecular weight is 286 g/mol. The van der Waals surface area contributed by atoms with Gasteiger partial charge in [-0.2, -0.15) is 0 Å². The number of rotatable bonds is 6. The summed E-state index contributed by atoms with van der Waals surface area (Å²) in [6.45, 7) is -0.515. The van der Waals surface area contributed by atoms with Crippen LogP contribution in [0.2, 0.25) is 0 Å². The van der Waals surface area contributed by atoms with E-state index in [1.165, 1.54) is 38.0 Å². The molecular weight excluding hydrogens is 268 g/mol. The highest BCUT2D eigenvalue weighted by atomic mass is 16.5. The number of hydrogen-bond acceptors (Lipinski definition) is 5. The second kappa shape index (κ2) is 7.93. The number of hydrogen-bond donors (Lipinski definition) is 1. The summed E-state index contributed by atoms with van der Waals surface area (Å²) in [5, 5.41) is 8.67. The third-order valence-electron chi connectivity index (χ3n) is 2.23. The van der Waals surface area contributed by atoms with Gasteiger partial charge < -0.3 is 19.6 Å². The standard InChI is InChI=1S/C12H18N2O6/c1-13(2)9(15)5-8(6-11(17)18)12(19)20-7-10(16)14(3)4/h6H,5,7H2,1-4H3,(H,17,18). The van der Waals surface area contributed by atoms with E-state index in [9.17, 15) is 19.2 Å². The van der Waals surface area contributed by atoms with Gasteiger partial charge >= 0.3 is 11.9 Å². The molecule has 0 spiro atoms. The Bertz CT molecular complexity index is 439. The first-order valence-corrected chi connectivity index (χ1v) is 5.66. The molecule has 0 aromatic rings. The van der Waals surface area contributed by atoms with Gasteiger partial charge in [0.25, 0.3) is 5.91 Å². The lowest BCUT2D eigenvalue weighted by atomic mass is 10.1. The first-order chi connectivity index (χ1) is 9.15. The average Bonchev–Trinajstić information content (AvgIpc) is 2.33. The molecular formula is C12H18N2O6. The Morgan fingerprint density at radius 2 is 1.50 bits per heavy atom. The van der Waals surface area contributed by atoms with Crippen molar-refractivity contribution in [3.8, 4) is 0 Å². The maximum atomic E-state index is 11.7. The number of nitrogens with zero attached hydrogens (tertiary/aromatic N) is 2. The molecule has 0 atom stereocenters. The van der Waals surface area contributed by atoms with Gasteiger partial charge in [0.2, 0.25) is 5.91 Å². The number of carbonyl (C=O) groups excluding carboxylic acids is 3. The molecule has 0 bridgehead atoms. The van der Waals surface area contributed by atoms with Crippen LogP contribution in [0.3, 0.4) is 0 Å². The van der Waals surface area contributed by atoms with Crippen molar-refractivity contribution in [3.05, 3.63) is 11.6 Å². The highest BCUT2D eigenvalue weighted by Gasteiger charge is 2.19. The van der Waals surface area contributed by atoms with Crippen molar-refractivity contribution in [2.45, 2.75) is 6.42 Å². The second-order valence-corrected chi connectivity index (χ2v) is 4.34. The lowest BCUT2D eigenvalue weighted by Crippen LogP contribution is -2.29. The van der Waals surface area contributed by atoms with Gasteiger partial charge in [0.1, 0.15) is 0 Å². The van der Waals surface area contributed by atoms with Gasteiger partial charge in [0.05, 0.1) is 12.0 Å². The van der Waals surface area contributed by atoms with E-state index < -0.39 is 36.8 Å². The zero-order valence-corrected chi connectivity index (χ0v) is 11.9. The minimum Gasteiger partial charge on any atom is -0.478 e. The molecule has 20 heavy (non-hydrogen) atoms. The van der Waals surface area contributed by atoms with E-state index >= 15 is 0 Å². The van der Waals surface area contributed by atoms with Crippen molar-refractivity contribution in [3.63, 3.8) is 0 Å². The van der Waals surface area contributed by atoms with Crippen LogP contribution in [-0.4, -0.2) is 73.5 Å². The van der Waals surface area contributed by atoms with Crippen LogP contribution in [0.25, 0.3) is 0 Å². The topological polar surface area (TPSA) is 104 Å². The van der Waals surface area contributed by atoms with Gasteiger partial charge in [-0.1, -0.05) is 0 Å². The van der Waals surface area contributed by atoms with E-state index in [2.05, 4.69) is 4.74 Å². The number of carbonyl (C=O) groups is 4. The Morgan fingerprint density at radius 1 is 1.00 bits per heavy atom. The summed E-state index contributed by atoms with van der Waals surface area (Å²) in [5.41, 5.74) is -0.317. The highest BCUT2D eigenvalue weighted by Crippen LogP contribution is 2.07. The number of ether oxygens (including phenoxy) is 1. The second-order valence-electron chi connectivity index (χ2n) is 4.34. The van der Waals surface area contributed by atoms with Gasteiger partial charge in [-0.25, -0.2) is 9.59 Å². The molecule has 8 heteroatoms. The lowest BCUT2D eigenvalue weighted by Gasteiger charge is -2.13. The summed E-state index contributed by atoms with van der Waals surface area (Å²) in [5.74, 6) is -3.28. The monoisotopic (exact) mass is 286 g/mol. The van der Waals surface area contributed by atoms with Crippen molar-refractivity contribution in [2.24, 2.45) is 0 Å². The van der Waals surface area contributed by atoms with Gasteiger partial charge in [-0.3, -0.25) is 9.59 Å². The van der Waals surface area contributed by atoms with Crippen molar-refractivity contribution in [1.29, 1.82) is 0 Å². The van der Waals surface area contributed by atoms with E-state index in [0.29, 0.717) is 6.08 Å². The van der Waals surface area contributed by atoms with E-state index in [-0.39, 0.29) is 5.57 Å². The van der Waals surface area contributed by atoms with E-state index in [0.717, 1.165) is 0 Å².